The van der Waals surface area contributed by atoms with Crippen LogP contribution >= 0.6 is 23.4 Å². The van der Waals surface area contributed by atoms with E-state index in [1.54, 1.807) is 11.8 Å². The van der Waals surface area contributed by atoms with Crippen molar-refractivity contribution in [2.75, 3.05) is 0 Å². The van der Waals surface area contributed by atoms with Crippen molar-refractivity contribution in [3.05, 3.63) is 64.7 Å². The zero-order valence-corrected chi connectivity index (χ0v) is 12.1. The first-order valence-electron chi connectivity index (χ1n) is 6.50. The number of aryl methyl sites for hydroxylation is 1. The Morgan fingerprint density at radius 3 is 2.63 bits per heavy atom. The van der Waals surface area contributed by atoms with Gasteiger partial charge in [0.15, 0.2) is 0 Å². The van der Waals surface area contributed by atoms with E-state index < -0.39 is 0 Å². The lowest BCUT2D eigenvalue weighted by Crippen LogP contribution is -2.29. The molecule has 0 bridgehead atoms. The maximum absolute atomic E-state index is 6.42. The van der Waals surface area contributed by atoms with Crippen LogP contribution in [0.15, 0.2) is 53.4 Å². The summed E-state index contributed by atoms with van der Waals surface area (Å²) in [6, 6.07) is 16.6. The number of rotatable bonds is 2. The second kappa shape index (κ2) is 5.58. The Labute approximate surface area is 123 Å². The summed E-state index contributed by atoms with van der Waals surface area (Å²) in [5, 5.41) is 1.22. The Morgan fingerprint density at radius 2 is 1.79 bits per heavy atom. The van der Waals surface area contributed by atoms with Gasteiger partial charge in [-0.1, -0.05) is 48.0 Å². The first-order chi connectivity index (χ1) is 9.25. The maximum atomic E-state index is 6.42. The molecule has 98 valence electrons. The van der Waals surface area contributed by atoms with E-state index in [4.69, 9.17) is 17.3 Å². The number of halogens is 1. The average molecular weight is 290 g/mol. The van der Waals surface area contributed by atoms with E-state index in [0.717, 1.165) is 22.8 Å². The summed E-state index contributed by atoms with van der Waals surface area (Å²) in [7, 11) is 0. The minimum Gasteiger partial charge on any atom is -0.323 e. The van der Waals surface area contributed by atoms with Crippen molar-refractivity contribution in [1.82, 2.24) is 0 Å². The molecule has 1 aliphatic rings. The third-order valence-corrected chi connectivity index (χ3v) is 5.51. The van der Waals surface area contributed by atoms with Gasteiger partial charge in [0.1, 0.15) is 0 Å². The molecule has 0 aromatic heterocycles. The van der Waals surface area contributed by atoms with E-state index in [-0.39, 0.29) is 6.04 Å². The highest BCUT2D eigenvalue weighted by atomic mass is 35.5. The molecule has 2 unspecified atom stereocenters. The Hall–Kier alpha value is -0.960. The normalized spacial score (nSPS) is 22.0. The van der Waals surface area contributed by atoms with Gasteiger partial charge in [0.2, 0.25) is 0 Å². The molecule has 1 nitrogen and oxygen atoms in total. The zero-order valence-electron chi connectivity index (χ0n) is 10.6. The molecule has 2 N–H and O–H groups in total. The van der Waals surface area contributed by atoms with Crippen LogP contribution < -0.4 is 5.73 Å². The Bertz CT molecular complexity index is 584. The molecule has 0 spiro atoms. The lowest BCUT2D eigenvalue weighted by atomic mass is 9.88. The molecule has 3 heteroatoms. The van der Waals surface area contributed by atoms with Crippen molar-refractivity contribution in [2.24, 2.45) is 5.73 Å². The van der Waals surface area contributed by atoms with Crippen LogP contribution in [0.4, 0.5) is 0 Å². The van der Waals surface area contributed by atoms with Gasteiger partial charge in [0.05, 0.1) is 5.02 Å². The highest BCUT2D eigenvalue weighted by Crippen LogP contribution is 2.40. The van der Waals surface area contributed by atoms with Crippen LogP contribution in [0, 0.1) is 0 Å². The molecule has 0 radical (unpaired) electrons. The number of benzene rings is 2. The number of thioether (sulfide) groups is 1. The van der Waals surface area contributed by atoms with E-state index >= 15 is 0 Å². The molecule has 0 amide bonds. The van der Waals surface area contributed by atoms with Gasteiger partial charge in [0.25, 0.3) is 0 Å². The van der Waals surface area contributed by atoms with Crippen molar-refractivity contribution < 1.29 is 0 Å². The van der Waals surface area contributed by atoms with E-state index in [1.807, 2.05) is 18.2 Å². The number of hydrogen-bond acceptors (Lipinski definition) is 2. The fourth-order valence-electron chi connectivity index (χ4n) is 2.60. The first kappa shape index (κ1) is 13.0. The van der Waals surface area contributed by atoms with Gasteiger partial charge in [-0.25, -0.2) is 0 Å². The highest BCUT2D eigenvalue weighted by Gasteiger charge is 2.27. The van der Waals surface area contributed by atoms with E-state index in [2.05, 4.69) is 30.3 Å². The van der Waals surface area contributed by atoms with Gasteiger partial charge in [-0.05, 0) is 36.1 Å². The van der Waals surface area contributed by atoms with Crippen LogP contribution in [-0.2, 0) is 6.42 Å². The van der Waals surface area contributed by atoms with Gasteiger partial charge in [-0.3, -0.25) is 0 Å². The standard InChI is InChI=1S/C16H16ClNS/c17-13-7-3-4-8-14(13)19-15-10-9-11-5-1-2-6-12(11)16(15)18/h1-8,15-16H,9-10,18H2. The smallest absolute Gasteiger partial charge is 0.0541 e. The van der Waals surface area contributed by atoms with Gasteiger partial charge in [0, 0.05) is 16.2 Å². The summed E-state index contributed by atoms with van der Waals surface area (Å²) in [5.41, 5.74) is 9.11. The van der Waals surface area contributed by atoms with Crippen LogP contribution in [0.3, 0.4) is 0 Å². The second-order valence-electron chi connectivity index (χ2n) is 4.85. The summed E-state index contributed by atoms with van der Waals surface area (Å²) >= 11 is 8.04. The molecule has 2 atom stereocenters. The molecule has 0 fully saturated rings. The van der Waals surface area contributed by atoms with Crippen LogP contribution in [0.25, 0.3) is 0 Å². The van der Waals surface area contributed by atoms with Crippen molar-refractivity contribution in [3.63, 3.8) is 0 Å². The van der Waals surface area contributed by atoms with Crippen molar-refractivity contribution in [3.8, 4) is 0 Å². The SMILES string of the molecule is NC1c2ccccc2CCC1Sc1ccccc1Cl. The molecule has 0 aliphatic heterocycles. The zero-order chi connectivity index (χ0) is 13.2. The molecule has 2 aromatic carbocycles. The quantitative estimate of drug-likeness (QED) is 0.884. The summed E-state index contributed by atoms with van der Waals surface area (Å²) in [6.07, 6.45) is 2.21. The van der Waals surface area contributed by atoms with Crippen LogP contribution in [0.5, 0.6) is 0 Å². The fraction of sp³-hybridized carbons (Fsp3) is 0.250. The van der Waals surface area contributed by atoms with Gasteiger partial charge < -0.3 is 5.73 Å². The molecule has 3 rings (SSSR count). The van der Waals surface area contributed by atoms with E-state index in [9.17, 15) is 0 Å². The summed E-state index contributed by atoms with van der Waals surface area (Å²) in [5.74, 6) is 0. The fourth-order valence-corrected chi connectivity index (χ4v) is 4.06. The van der Waals surface area contributed by atoms with Crippen LogP contribution in [0.1, 0.15) is 23.6 Å². The second-order valence-corrected chi connectivity index (χ2v) is 6.54. The largest absolute Gasteiger partial charge is 0.323 e. The lowest BCUT2D eigenvalue weighted by molar-refractivity contribution is 0.587. The lowest BCUT2D eigenvalue weighted by Gasteiger charge is -2.30. The van der Waals surface area contributed by atoms with E-state index in [0.29, 0.717) is 5.25 Å². The summed E-state index contributed by atoms with van der Waals surface area (Å²) < 4.78 is 0. The highest BCUT2D eigenvalue weighted by molar-refractivity contribution is 8.00. The molecule has 0 heterocycles. The molecular formula is C16H16ClNS. The third kappa shape index (κ3) is 2.66. The Kier molecular flexibility index (Phi) is 3.83. The van der Waals surface area contributed by atoms with Gasteiger partial charge in [-0.15, -0.1) is 11.8 Å². The van der Waals surface area contributed by atoms with Crippen molar-refractivity contribution in [1.29, 1.82) is 0 Å². The number of hydrogen-bond donors (Lipinski definition) is 1. The topological polar surface area (TPSA) is 26.0 Å². The Balaban J connectivity index is 1.83. The molecule has 19 heavy (non-hydrogen) atoms. The van der Waals surface area contributed by atoms with Gasteiger partial charge >= 0.3 is 0 Å². The van der Waals surface area contributed by atoms with Gasteiger partial charge in [-0.2, -0.15) is 0 Å². The van der Waals surface area contributed by atoms with Crippen LogP contribution in [-0.4, -0.2) is 5.25 Å². The predicted octanol–water partition coefficient (Wildman–Crippen LogP) is 4.45. The van der Waals surface area contributed by atoms with E-state index in [1.165, 1.54) is 11.1 Å². The summed E-state index contributed by atoms with van der Waals surface area (Å²) in [4.78, 5) is 1.13. The van der Waals surface area contributed by atoms with Crippen molar-refractivity contribution >= 4 is 23.4 Å². The van der Waals surface area contributed by atoms with Crippen molar-refractivity contribution in [2.45, 2.75) is 29.0 Å². The summed E-state index contributed by atoms with van der Waals surface area (Å²) in [6.45, 7) is 0. The molecule has 0 saturated carbocycles. The molecule has 0 saturated heterocycles. The minimum atomic E-state index is 0.0891. The maximum Gasteiger partial charge on any atom is 0.0541 e. The predicted molar refractivity (Wildman–Crippen MR) is 82.8 cm³/mol. The monoisotopic (exact) mass is 289 g/mol. The number of nitrogens with two attached hydrogens (primary N) is 1. The molecular weight excluding hydrogens is 274 g/mol. The van der Waals surface area contributed by atoms with Crippen LogP contribution in [0.2, 0.25) is 5.02 Å². The Morgan fingerprint density at radius 1 is 1.05 bits per heavy atom. The molecule has 2 aromatic rings. The molecule has 1 aliphatic carbocycles. The average Bonchev–Trinajstić information content (AvgIpc) is 2.44. The first-order valence-corrected chi connectivity index (χ1v) is 7.76. The third-order valence-electron chi connectivity index (χ3n) is 3.63. The minimum absolute atomic E-state index is 0.0891. The number of fused-ring (bicyclic) bond motifs is 1.